The number of carbonyl (C=O) groups excluding carboxylic acids is 1. The minimum Gasteiger partial charge on any atom is -0.480 e. The van der Waals surface area contributed by atoms with Crippen molar-refractivity contribution in [1.29, 1.82) is 0 Å². The largest absolute Gasteiger partial charge is 0.480 e. The molecule has 0 heterocycles. The molecule has 0 atom stereocenters. The van der Waals surface area contributed by atoms with E-state index in [1.807, 2.05) is 0 Å². The summed E-state index contributed by atoms with van der Waals surface area (Å²) in [5, 5.41) is 8.62. The van der Waals surface area contributed by atoms with Gasteiger partial charge in [-0.2, -0.15) is 0 Å². The molecule has 1 rings (SSSR count). The number of carbonyl (C=O) groups is 2. The first kappa shape index (κ1) is 12.7. The number of benzene rings is 1. The molecule has 4 nitrogen and oxygen atoms in total. The van der Waals surface area contributed by atoms with E-state index >= 15 is 0 Å². The van der Waals surface area contributed by atoms with Crippen molar-refractivity contribution in [3.8, 4) is 12.3 Å². The molecule has 0 bridgehead atoms. The number of nitrogens with zero attached hydrogens (tertiary/aromatic N) is 1. The molecule has 1 aromatic rings. The van der Waals surface area contributed by atoms with Crippen molar-refractivity contribution in [3.05, 3.63) is 35.6 Å². The summed E-state index contributed by atoms with van der Waals surface area (Å²) in [6.07, 6.45) is 5.04. The quantitative estimate of drug-likeness (QED) is 0.791. The number of carboxylic acid groups (broad SMARTS) is 1. The zero-order valence-corrected chi connectivity index (χ0v) is 8.89. The number of aliphatic carboxylic acids is 1. The Morgan fingerprint density at radius 1 is 1.47 bits per heavy atom. The second-order valence-electron chi connectivity index (χ2n) is 3.27. The average Bonchev–Trinajstić information content (AvgIpc) is 2.27. The molecule has 88 valence electrons. The Morgan fingerprint density at radius 2 is 2.18 bits per heavy atom. The van der Waals surface area contributed by atoms with Gasteiger partial charge < -0.3 is 10.0 Å². The smallest absolute Gasteiger partial charge is 0.323 e. The maximum absolute atomic E-state index is 12.9. The average molecular weight is 235 g/mol. The summed E-state index contributed by atoms with van der Waals surface area (Å²) in [6, 6.07) is 5.00. The first-order chi connectivity index (χ1) is 8.04. The number of amides is 1. The van der Waals surface area contributed by atoms with Gasteiger partial charge in [0.15, 0.2) is 0 Å². The number of terminal acetylenes is 1. The lowest BCUT2D eigenvalue weighted by Crippen LogP contribution is -2.36. The van der Waals surface area contributed by atoms with Gasteiger partial charge in [0, 0.05) is 5.56 Å². The van der Waals surface area contributed by atoms with Crippen LogP contribution >= 0.6 is 0 Å². The number of hydrogen-bond acceptors (Lipinski definition) is 2. The number of carboxylic acids is 1. The highest BCUT2D eigenvalue weighted by Gasteiger charge is 2.17. The number of halogens is 1. The summed E-state index contributed by atoms with van der Waals surface area (Å²) in [6.45, 7) is -0.652. The van der Waals surface area contributed by atoms with Gasteiger partial charge >= 0.3 is 5.97 Å². The second kappa shape index (κ2) is 5.66. The fourth-order valence-corrected chi connectivity index (χ4v) is 1.28. The van der Waals surface area contributed by atoms with Crippen LogP contribution in [0.25, 0.3) is 0 Å². The van der Waals surface area contributed by atoms with Crippen LogP contribution in [0.15, 0.2) is 24.3 Å². The Bertz CT molecular complexity index is 479. The second-order valence-corrected chi connectivity index (χ2v) is 3.27. The minimum atomic E-state index is -1.18. The van der Waals surface area contributed by atoms with Gasteiger partial charge in [0.1, 0.15) is 12.4 Å². The molecule has 0 aromatic heterocycles. The lowest BCUT2D eigenvalue weighted by molar-refractivity contribution is -0.137. The van der Waals surface area contributed by atoms with Gasteiger partial charge in [-0.3, -0.25) is 9.59 Å². The Hall–Kier alpha value is -2.35. The van der Waals surface area contributed by atoms with Gasteiger partial charge in [-0.05, 0) is 18.2 Å². The third-order valence-corrected chi connectivity index (χ3v) is 1.97. The van der Waals surface area contributed by atoms with Crippen LogP contribution in [-0.2, 0) is 4.79 Å². The summed E-state index contributed by atoms with van der Waals surface area (Å²) in [5.74, 6) is -0.159. The maximum Gasteiger partial charge on any atom is 0.323 e. The summed E-state index contributed by atoms with van der Waals surface area (Å²) >= 11 is 0. The highest BCUT2D eigenvalue weighted by molar-refractivity contribution is 5.96. The Labute approximate surface area is 97.7 Å². The van der Waals surface area contributed by atoms with Gasteiger partial charge in [0.05, 0.1) is 6.54 Å². The number of rotatable bonds is 4. The zero-order valence-electron chi connectivity index (χ0n) is 8.89. The van der Waals surface area contributed by atoms with E-state index in [-0.39, 0.29) is 12.1 Å². The highest BCUT2D eigenvalue weighted by Crippen LogP contribution is 2.07. The molecule has 1 amide bonds. The highest BCUT2D eigenvalue weighted by atomic mass is 19.1. The minimum absolute atomic E-state index is 0.0708. The molecule has 17 heavy (non-hydrogen) atoms. The standard InChI is InChI=1S/C12H10FNO3/c1-2-6-14(8-11(15)16)12(17)9-4-3-5-10(13)7-9/h1,3-5,7H,6,8H2,(H,15,16). The summed E-state index contributed by atoms with van der Waals surface area (Å²) in [4.78, 5) is 23.3. The molecule has 0 spiro atoms. The molecule has 0 saturated heterocycles. The lowest BCUT2D eigenvalue weighted by atomic mass is 10.2. The third kappa shape index (κ3) is 3.61. The summed E-state index contributed by atoms with van der Waals surface area (Å²) in [7, 11) is 0. The first-order valence-corrected chi connectivity index (χ1v) is 4.74. The van der Waals surface area contributed by atoms with E-state index in [2.05, 4.69) is 5.92 Å². The zero-order chi connectivity index (χ0) is 12.8. The molecular weight excluding hydrogens is 225 g/mol. The third-order valence-electron chi connectivity index (χ3n) is 1.97. The van der Waals surface area contributed by atoms with Crippen LogP contribution in [0.3, 0.4) is 0 Å². The first-order valence-electron chi connectivity index (χ1n) is 4.74. The van der Waals surface area contributed by atoms with Crippen LogP contribution in [0.2, 0.25) is 0 Å². The molecule has 1 N–H and O–H groups in total. The topological polar surface area (TPSA) is 57.6 Å². The van der Waals surface area contributed by atoms with Crippen LogP contribution in [0.1, 0.15) is 10.4 Å². The predicted molar refractivity (Wildman–Crippen MR) is 58.8 cm³/mol. The van der Waals surface area contributed by atoms with Crippen molar-refractivity contribution in [2.24, 2.45) is 0 Å². The Morgan fingerprint density at radius 3 is 2.71 bits per heavy atom. The van der Waals surface area contributed by atoms with Crippen LogP contribution in [0.5, 0.6) is 0 Å². The Balaban J connectivity index is 2.92. The molecule has 0 aliphatic rings. The summed E-state index contributed by atoms with van der Waals surface area (Å²) in [5.41, 5.74) is 0.0708. The monoisotopic (exact) mass is 235 g/mol. The van der Waals surface area contributed by atoms with Gasteiger partial charge in [-0.15, -0.1) is 6.42 Å². The van der Waals surface area contributed by atoms with Crippen LogP contribution in [0, 0.1) is 18.2 Å². The maximum atomic E-state index is 12.9. The van der Waals surface area contributed by atoms with Crippen LogP contribution in [0.4, 0.5) is 4.39 Å². The number of hydrogen-bond donors (Lipinski definition) is 1. The van der Waals surface area contributed by atoms with Crippen molar-refractivity contribution in [2.75, 3.05) is 13.1 Å². The Kier molecular flexibility index (Phi) is 4.23. The van der Waals surface area contributed by atoms with E-state index in [4.69, 9.17) is 11.5 Å². The van der Waals surface area contributed by atoms with E-state index < -0.39 is 24.2 Å². The molecule has 0 saturated carbocycles. The van der Waals surface area contributed by atoms with Crippen molar-refractivity contribution in [3.63, 3.8) is 0 Å². The van der Waals surface area contributed by atoms with Gasteiger partial charge in [-0.1, -0.05) is 12.0 Å². The predicted octanol–water partition coefficient (Wildman–Crippen LogP) is 0.986. The van der Waals surface area contributed by atoms with Crippen LogP contribution < -0.4 is 0 Å². The van der Waals surface area contributed by atoms with Crippen molar-refractivity contribution < 1.29 is 19.1 Å². The van der Waals surface area contributed by atoms with Crippen LogP contribution in [-0.4, -0.2) is 35.0 Å². The molecule has 0 fully saturated rings. The summed E-state index contributed by atoms with van der Waals surface area (Å²) < 4.78 is 12.9. The fourth-order valence-electron chi connectivity index (χ4n) is 1.28. The molecule has 0 unspecified atom stereocenters. The normalized spacial score (nSPS) is 9.41. The van der Waals surface area contributed by atoms with Crippen molar-refractivity contribution >= 4 is 11.9 Å². The van der Waals surface area contributed by atoms with E-state index in [0.717, 1.165) is 11.0 Å². The molecule has 0 aliphatic carbocycles. The van der Waals surface area contributed by atoms with E-state index in [1.165, 1.54) is 18.2 Å². The molecule has 1 aromatic carbocycles. The van der Waals surface area contributed by atoms with E-state index in [1.54, 1.807) is 0 Å². The van der Waals surface area contributed by atoms with Gasteiger partial charge in [0.2, 0.25) is 0 Å². The molecular formula is C12H10FNO3. The lowest BCUT2D eigenvalue weighted by Gasteiger charge is -2.17. The fraction of sp³-hybridized carbons (Fsp3) is 0.167. The van der Waals surface area contributed by atoms with Gasteiger partial charge in [0.25, 0.3) is 5.91 Å². The SMILES string of the molecule is C#CCN(CC(=O)O)C(=O)c1cccc(F)c1. The molecule has 5 heteroatoms. The van der Waals surface area contributed by atoms with E-state index in [9.17, 15) is 14.0 Å². The van der Waals surface area contributed by atoms with E-state index in [0.29, 0.717) is 0 Å². The van der Waals surface area contributed by atoms with Gasteiger partial charge in [-0.25, -0.2) is 4.39 Å². The van der Waals surface area contributed by atoms with Crippen molar-refractivity contribution in [2.45, 2.75) is 0 Å². The molecule has 0 aliphatic heterocycles. The van der Waals surface area contributed by atoms with Crippen molar-refractivity contribution in [1.82, 2.24) is 4.90 Å². The molecule has 0 radical (unpaired) electrons.